The van der Waals surface area contributed by atoms with Crippen molar-refractivity contribution in [3.05, 3.63) is 82.9 Å². The molecular formula is C17H13NO2. The van der Waals surface area contributed by atoms with Crippen LogP contribution < -0.4 is 5.73 Å². The van der Waals surface area contributed by atoms with Crippen molar-refractivity contribution < 1.29 is 9.59 Å². The fourth-order valence-corrected chi connectivity index (χ4v) is 2.58. The highest BCUT2D eigenvalue weighted by atomic mass is 16.1. The van der Waals surface area contributed by atoms with Gasteiger partial charge in [0, 0.05) is 28.3 Å². The number of hydrogen-bond donors (Lipinski definition) is 1. The maximum absolute atomic E-state index is 12.7. The van der Waals surface area contributed by atoms with Crippen molar-refractivity contribution in [2.45, 2.75) is 6.04 Å². The molecule has 0 radical (unpaired) electrons. The fourth-order valence-electron chi connectivity index (χ4n) is 2.58. The van der Waals surface area contributed by atoms with Gasteiger partial charge in [-0.2, -0.15) is 0 Å². The van der Waals surface area contributed by atoms with Crippen LogP contribution in [0.2, 0.25) is 0 Å². The molecule has 0 aliphatic heterocycles. The van der Waals surface area contributed by atoms with E-state index < -0.39 is 6.04 Å². The lowest BCUT2D eigenvalue weighted by molar-refractivity contribution is 0.0978. The molecule has 98 valence electrons. The smallest absolute Gasteiger partial charge is 0.194 e. The molecule has 2 aromatic carbocycles. The highest BCUT2D eigenvalue weighted by molar-refractivity contribution is 6.28. The molecule has 2 aromatic rings. The molecule has 3 rings (SSSR count). The number of rotatable bonds is 2. The van der Waals surface area contributed by atoms with E-state index in [1.807, 2.05) is 0 Å². The molecule has 20 heavy (non-hydrogen) atoms. The largest absolute Gasteiger partial charge is 0.321 e. The number of carbonyl (C=O) groups is 2. The van der Waals surface area contributed by atoms with Gasteiger partial charge in [0.1, 0.15) is 0 Å². The Bertz CT molecular complexity index is 746. The molecule has 0 aromatic heterocycles. The summed E-state index contributed by atoms with van der Waals surface area (Å²) in [6.07, 6.45) is 1.56. The van der Waals surface area contributed by atoms with Crippen molar-refractivity contribution in [1.82, 2.24) is 0 Å². The molecule has 0 heterocycles. The minimum absolute atomic E-state index is 0.131. The zero-order chi connectivity index (χ0) is 14.3. The van der Waals surface area contributed by atoms with Crippen molar-refractivity contribution >= 4 is 11.6 Å². The fraction of sp³-hybridized carbons (Fsp3) is 0.0588. The van der Waals surface area contributed by atoms with Crippen LogP contribution in [-0.2, 0) is 0 Å². The van der Waals surface area contributed by atoms with E-state index >= 15 is 0 Å². The molecule has 1 unspecified atom stereocenters. The Morgan fingerprint density at radius 2 is 1.50 bits per heavy atom. The quantitative estimate of drug-likeness (QED) is 0.723. The summed E-state index contributed by atoms with van der Waals surface area (Å²) < 4.78 is 0. The summed E-state index contributed by atoms with van der Waals surface area (Å²) in [7, 11) is 0. The Morgan fingerprint density at radius 3 is 2.15 bits per heavy atom. The Morgan fingerprint density at radius 1 is 0.900 bits per heavy atom. The van der Waals surface area contributed by atoms with Crippen molar-refractivity contribution in [3.8, 4) is 0 Å². The summed E-state index contributed by atoms with van der Waals surface area (Å²) in [6.45, 7) is 3.65. The van der Waals surface area contributed by atoms with Gasteiger partial charge in [0.2, 0.25) is 0 Å². The van der Waals surface area contributed by atoms with E-state index in [-0.39, 0.29) is 11.6 Å². The van der Waals surface area contributed by atoms with Crippen LogP contribution in [0.25, 0.3) is 0 Å². The van der Waals surface area contributed by atoms with Gasteiger partial charge in [-0.1, -0.05) is 48.5 Å². The van der Waals surface area contributed by atoms with Crippen LogP contribution in [0.4, 0.5) is 0 Å². The predicted molar refractivity (Wildman–Crippen MR) is 76.9 cm³/mol. The summed E-state index contributed by atoms with van der Waals surface area (Å²) in [5, 5.41) is 0. The first-order chi connectivity index (χ1) is 9.65. The molecular weight excluding hydrogens is 250 g/mol. The van der Waals surface area contributed by atoms with Crippen LogP contribution >= 0.6 is 0 Å². The van der Waals surface area contributed by atoms with Crippen LogP contribution in [0.3, 0.4) is 0 Å². The van der Waals surface area contributed by atoms with Gasteiger partial charge in [-0.25, -0.2) is 0 Å². The monoisotopic (exact) mass is 263 g/mol. The first-order valence-electron chi connectivity index (χ1n) is 6.34. The summed E-state index contributed by atoms with van der Waals surface area (Å²) >= 11 is 0. The molecule has 1 aliphatic carbocycles. The van der Waals surface area contributed by atoms with Crippen molar-refractivity contribution in [1.29, 1.82) is 0 Å². The third-order valence-electron chi connectivity index (χ3n) is 3.60. The molecule has 0 saturated heterocycles. The SMILES string of the molecule is C=CC(N)c1cccc2c1C(=O)c1ccccc1C2=O. The molecule has 2 N–H and O–H groups in total. The maximum atomic E-state index is 12.7. The molecule has 1 aliphatic rings. The predicted octanol–water partition coefficient (Wildman–Crippen LogP) is 2.65. The maximum Gasteiger partial charge on any atom is 0.194 e. The molecule has 0 amide bonds. The summed E-state index contributed by atoms with van der Waals surface area (Å²) in [5.74, 6) is -0.281. The lowest BCUT2D eigenvalue weighted by Crippen LogP contribution is -2.24. The standard InChI is InChI=1S/C17H13NO2/c1-2-14(18)12-8-5-9-13-15(12)17(20)11-7-4-3-6-10(11)16(13)19/h2-9,14H,1,18H2. The average Bonchev–Trinajstić information content (AvgIpc) is 2.51. The molecule has 0 saturated carbocycles. The third-order valence-corrected chi connectivity index (χ3v) is 3.60. The number of benzene rings is 2. The minimum atomic E-state index is -0.466. The summed E-state index contributed by atoms with van der Waals surface area (Å²) in [6, 6.07) is 11.6. The highest BCUT2D eigenvalue weighted by Crippen LogP contribution is 2.31. The van der Waals surface area contributed by atoms with Crippen LogP contribution in [-0.4, -0.2) is 11.6 Å². The van der Waals surface area contributed by atoms with E-state index in [2.05, 4.69) is 6.58 Å². The number of hydrogen-bond acceptors (Lipinski definition) is 3. The number of fused-ring (bicyclic) bond motifs is 2. The van der Waals surface area contributed by atoms with Crippen LogP contribution in [0.5, 0.6) is 0 Å². The third kappa shape index (κ3) is 1.64. The topological polar surface area (TPSA) is 60.2 Å². The lowest BCUT2D eigenvalue weighted by Gasteiger charge is -2.21. The van der Waals surface area contributed by atoms with E-state index in [1.165, 1.54) is 0 Å². The first-order valence-corrected chi connectivity index (χ1v) is 6.34. The molecule has 3 nitrogen and oxygen atoms in total. The Kier molecular flexibility index (Phi) is 2.84. The van der Waals surface area contributed by atoms with Gasteiger partial charge in [0.15, 0.2) is 11.6 Å². The summed E-state index contributed by atoms with van der Waals surface area (Å²) in [4.78, 5) is 25.2. The Labute approximate surface area is 116 Å². The minimum Gasteiger partial charge on any atom is -0.321 e. The van der Waals surface area contributed by atoms with Gasteiger partial charge in [-0.15, -0.1) is 6.58 Å². The number of nitrogens with two attached hydrogens (primary N) is 1. The second-order valence-corrected chi connectivity index (χ2v) is 4.74. The van der Waals surface area contributed by atoms with Crippen molar-refractivity contribution in [2.75, 3.05) is 0 Å². The van der Waals surface area contributed by atoms with Gasteiger partial charge < -0.3 is 5.73 Å². The Balaban J connectivity index is 2.31. The van der Waals surface area contributed by atoms with Gasteiger partial charge in [0.05, 0.1) is 0 Å². The van der Waals surface area contributed by atoms with Gasteiger partial charge >= 0.3 is 0 Å². The lowest BCUT2D eigenvalue weighted by atomic mass is 9.80. The molecule has 0 bridgehead atoms. The molecule has 0 spiro atoms. The van der Waals surface area contributed by atoms with Crippen molar-refractivity contribution in [3.63, 3.8) is 0 Å². The zero-order valence-electron chi connectivity index (χ0n) is 10.8. The van der Waals surface area contributed by atoms with Crippen molar-refractivity contribution in [2.24, 2.45) is 5.73 Å². The second-order valence-electron chi connectivity index (χ2n) is 4.74. The van der Waals surface area contributed by atoms with E-state index in [1.54, 1.807) is 48.5 Å². The second kappa shape index (κ2) is 4.54. The number of ketones is 2. The van der Waals surface area contributed by atoms with Gasteiger partial charge in [-0.05, 0) is 5.56 Å². The highest BCUT2D eigenvalue weighted by Gasteiger charge is 2.31. The van der Waals surface area contributed by atoms with E-state index in [0.29, 0.717) is 27.8 Å². The molecule has 1 atom stereocenters. The normalized spacial score (nSPS) is 14.4. The summed E-state index contributed by atoms with van der Waals surface area (Å²) in [5.41, 5.74) is 8.33. The average molecular weight is 263 g/mol. The first kappa shape index (κ1) is 12.5. The van der Waals surface area contributed by atoms with Gasteiger partial charge in [-0.3, -0.25) is 9.59 Å². The zero-order valence-corrected chi connectivity index (χ0v) is 10.8. The molecule has 3 heteroatoms. The molecule has 0 fully saturated rings. The van der Waals surface area contributed by atoms with E-state index in [0.717, 1.165) is 0 Å². The van der Waals surface area contributed by atoms with Gasteiger partial charge in [0.25, 0.3) is 0 Å². The van der Waals surface area contributed by atoms with E-state index in [9.17, 15) is 9.59 Å². The van der Waals surface area contributed by atoms with Crippen LogP contribution in [0.15, 0.2) is 55.1 Å². The van der Waals surface area contributed by atoms with E-state index in [4.69, 9.17) is 5.73 Å². The van der Waals surface area contributed by atoms with Crippen LogP contribution in [0, 0.1) is 0 Å². The Hall–Kier alpha value is -2.52. The van der Waals surface area contributed by atoms with Crippen LogP contribution in [0.1, 0.15) is 43.4 Å². The number of carbonyl (C=O) groups excluding carboxylic acids is 2.